The van der Waals surface area contributed by atoms with Gasteiger partial charge >= 0.3 is 0 Å². The number of hydrogen-bond acceptors (Lipinski definition) is 4. The third-order valence-corrected chi connectivity index (χ3v) is 4.99. The lowest BCUT2D eigenvalue weighted by molar-refractivity contribution is -0.179. The summed E-state index contributed by atoms with van der Waals surface area (Å²) >= 11 is 1.68. The molecule has 0 radical (unpaired) electrons. The highest BCUT2D eigenvalue weighted by atomic mass is 32.2. The van der Waals surface area contributed by atoms with Crippen LogP contribution >= 0.6 is 11.8 Å². The minimum Gasteiger partial charge on any atom is -0.349 e. The molecule has 5 heteroatoms. The van der Waals surface area contributed by atoms with E-state index in [1.54, 1.807) is 11.8 Å². The summed E-state index contributed by atoms with van der Waals surface area (Å²) in [4.78, 5) is 13.4. The van der Waals surface area contributed by atoms with E-state index in [0.717, 1.165) is 31.2 Å². The van der Waals surface area contributed by atoms with Crippen LogP contribution in [0, 0.1) is 0 Å². The predicted molar refractivity (Wildman–Crippen MR) is 82.6 cm³/mol. The first-order valence-corrected chi connectivity index (χ1v) is 8.66. The molecule has 3 rings (SSSR count). The molecule has 0 aromatic heterocycles. The molecule has 2 aliphatic rings. The number of carbonyl (C=O) groups excluding carboxylic acids is 1. The normalized spacial score (nSPS) is 21.6. The fraction of sp³-hybridized carbons (Fsp3) is 0.562. The molecule has 1 saturated heterocycles. The second-order valence-electron chi connectivity index (χ2n) is 5.58. The molecule has 1 amide bonds. The van der Waals surface area contributed by atoms with Crippen molar-refractivity contribution in [2.24, 2.45) is 0 Å². The molecule has 1 aliphatic carbocycles. The largest absolute Gasteiger partial charge is 0.349 e. The van der Waals surface area contributed by atoms with Crippen molar-refractivity contribution in [2.45, 2.75) is 42.4 Å². The van der Waals surface area contributed by atoms with Crippen LogP contribution in [0.3, 0.4) is 0 Å². The van der Waals surface area contributed by atoms with E-state index in [4.69, 9.17) is 9.47 Å². The highest BCUT2D eigenvalue weighted by molar-refractivity contribution is 7.98. The van der Waals surface area contributed by atoms with Crippen molar-refractivity contribution in [3.8, 4) is 0 Å². The Morgan fingerprint density at radius 3 is 2.38 bits per heavy atom. The number of ether oxygens (including phenoxy) is 2. The van der Waals surface area contributed by atoms with E-state index in [1.165, 1.54) is 4.90 Å². The third kappa shape index (κ3) is 3.42. The van der Waals surface area contributed by atoms with Crippen molar-refractivity contribution >= 4 is 17.7 Å². The standard InChI is InChI=1S/C16H21NO3S/c1-21-14-4-2-12(3-5-14)15(18)17-13-6-8-16(9-7-13)19-10-11-20-16/h2-5,13H,6-11H2,1H3,(H,17,18). The highest BCUT2D eigenvalue weighted by Crippen LogP contribution is 2.35. The Morgan fingerprint density at radius 2 is 1.81 bits per heavy atom. The Hall–Kier alpha value is -1.04. The topological polar surface area (TPSA) is 47.6 Å². The Balaban J connectivity index is 1.53. The average molecular weight is 307 g/mol. The average Bonchev–Trinajstić information content (AvgIpc) is 2.98. The van der Waals surface area contributed by atoms with E-state index in [-0.39, 0.29) is 17.7 Å². The van der Waals surface area contributed by atoms with Crippen molar-refractivity contribution in [3.05, 3.63) is 29.8 Å². The predicted octanol–water partition coefficient (Wildman–Crippen LogP) is 2.82. The van der Waals surface area contributed by atoms with Gasteiger partial charge in [0.2, 0.25) is 0 Å². The van der Waals surface area contributed by atoms with Crippen molar-refractivity contribution in [2.75, 3.05) is 19.5 Å². The Labute approximate surface area is 129 Å². The maximum Gasteiger partial charge on any atom is 0.251 e. The first-order valence-electron chi connectivity index (χ1n) is 7.44. The molecule has 1 heterocycles. The van der Waals surface area contributed by atoms with Crippen LogP contribution in [0.2, 0.25) is 0 Å². The number of benzene rings is 1. The molecule has 21 heavy (non-hydrogen) atoms. The minimum atomic E-state index is -0.360. The van der Waals surface area contributed by atoms with Gasteiger partial charge in [0.25, 0.3) is 5.91 Å². The lowest BCUT2D eigenvalue weighted by Gasteiger charge is -2.35. The fourth-order valence-corrected chi connectivity index (χ4v) is 3.41. The zero-order chi connectivity index (χ0) is 14.7. The summed E-state index contributed by atoms with van der Waals surface area (Å²) in [6.07, 6.45) is 5.58. The zero-order valence-corrected chi connectivity index (χ0v) is 13.1. The third-order valence-electron chi connectivity index (χ3n) is 4.25. The van der Waals surface area contributed by atoms with Gasteiger partial charge in [-0.1, -0.05) is 0 Å². The SMILES string of the molecule is CSc1ccc(C(=O)NC2CCC3(CC2)OCCO3)cc1. The zero-order valence-electron chi connectivity index (χ0n) is 12.3. The molecule has 4 nitrogen and oxygen atoms in total. The maximum atomic E-state index is 12.2. The first-order chi connectivity index (χ1) is 10.2. The lowest BCUT2D eigenvalue weighted by Crippen LogP contribution is -2.44. The molecule has 1 aromatic rings. The second kappa shape index (κ2) is 6.38. The molecule has 1 saturated carbocycles. The molecule has 1 spiro atoms. The summed E-state index contributed by atoms with van der Waals surface area (Å²) in [7, 11) is 0. The summed E-state index contributed by atoms with van der Waals surface area (Å²) in [6.45, 7) is 1.39. The summed E-state index contributed by atoms with van der Waals surface area (Å²) < 4.78 is 11.4. The minimum absolute atomic E-state index is 0.0110. The van der Waals surface area contributed by atoms with Gasteiger partial charge in [0, 0.05) is 29.3 Å². The van der Waals surface area contributed by atoms with Gasteiger partial charge in [0.1, 0.15) is 0 Å². The quantitative estimate of drug-likeness (QED) is 0.872. The van der Waals surface area contributed by atoms with E-state index in [9.17, 15) is 4.79 Å². The number of hydrogen-bond donors (Lipinski definition) is 1. The van der Waals surface area contributed by atoms with Crippen LogP contribution in [0.4, 0.5) is 0 Å². The summed E-state index contributed by atoms with van der Waals surface area (Å²) in [5.74, 6) is -0.349. The van der Waals surface area contributed by atoms with E-state index in [1.807, 2.05) is 30.5 Å². The van der Waals surface area contributed by atoms with E-state index >= 15 is 0 Å². The molecule has 114 valence electrons. The van der Waals surface area contributed by atoms with Crippen LogP contribution in [-0.4, -0.2) is 37.2 Å². The summed E-state index contributed by atoms with van der Waals surface area (Å²) in [6, 6.07) is 7.95. The van der Waals surface area contributed by atoms with E-state index < -0.39 is 0 Å². The fourth-order valence-electron chi connectivity index (χ4n) is 3.00. The number of carbonyl (C=O) groups is 1. The van der Waals surface area contributed by atoms with Gasteiger partial charge in [-0.2, -0.15) is 0 Å². The van der Waals surface area contributed by atoms with Gasteiger partial charge in [0.15, 0.2) is 5.79 Å². The summed E-state index contributed by atoms with van der Waals surface area (Å²) in [5, 5.41) is 3.12. The molecule has 1 N–H and O–H groups in total. The van der Waals surface area contributed by atoms with E-state index in [0.29, 0.717) is 13.2 Å². The van der Waals surface area contributed by atoms with Crippen LogP contribution in [0.5, 0.6) is 0 Å². The van der Waals surface area contributed by atoms with E-state index in [2.05, 4.69) is 5.32 Å². The van der Waals surface area contributed by atoms with Crippen LogP contribution in [0.15, 0.2) is 29.2 Å². The maximum absolute atomic E-state index is 12.2. The van der Waals surface area contributed by atoms with Gasteiger partial charge in [0.05, 0.1) is 13.2 Å². The number of rotatable bonds is 3. The molecule has 1 aliphatic heterocycles. The first kappa shape index (κ1) is 14.9. The van der Waals surface area contributed by atoms with Crippen LogP contribution in [0.25, 0.3) is 0 Å². The monoisotopic (exact) mass is 307 g/mol. The molecule has 1 aromatic carbocycles. The molecular formula is C16H21NO3S. The Bertz CT molecular complexity index is 487. The Kier molecular flexibility index (Phi) is 4.52. The van der Waals surface area contributed by atoms with Gasteiger partial charge in [-0.15, -0.1) is 11.8 Å². The molecule has 0 bridgehead atoms. The number of amides is 1. The summed E-state index contributed by atoms with van der Waals surface area (Å²) in [5.41, 5.74) is 0.724. The van der Waals surface area contributed by atoms with Gasteiger partial charge in [-0.05, 0) is 43.4 Å². The van der Waals surface area contributed by atoms with Crippen molar-refractivity contribution in [1.29, 1.82) is 0 Å². The van der Waals surface area contributed by atoms with Crippen molar-refractivity contribution in [1.82, 2.24) is 5.32 Å². The van der Waals surface area contributed by atoms with Crippen LogP contribution in [-0.2, 0) is 9.47 Å². The Morgan fingerprint density at radius 1 is 1.19 bits per heavy atom. The molecule has 0 unspecified atom stereocenters. The van der Waals surface area contributed by atoms with Crippen molar-refractivity contribution in [3.63, 3.8) is 0 Å². The highest BCUT2D eigenvalue weighted by Gasteiger charge is 2.40. The number of thioether (sulfide) groups is 1. The molecule has 2 fully saturated rings. The smallest absolute Gasteiger partial charge is 0.251 e. The van der Waals surface area contributed by atoms with Gasteiger partial charge < -0.3 is 14.8 Å². The van der Waals surface area contributed by atoms with Crippen LogP contribution in [0.1, 0.15) is 36.0 Å². The van der Waals surface area contributed by atoms with Crippen molar-refractivity contribution < 1.29 is 14.3 Å². The van der Waals surface area contributed by atoms with Gasteiger partial charge in [-0.3, -0.25) is 4.79 Å². The number of nitrogens with one attached hydrogen (secondary N) is 1. The van der Waals surface area contributed by atoms with Crippen LogP contribution < -0.4 is 5.32 Å². The second-order valence-corrected chi connectivity index (χ2v) is 6.46. The molecular weight excluding hydrogens is 286 g/mol. The van der Waals surface area contributed by atoms with Gasteiger partial charge in [-0.25, -0.2) is 0 Å². The molecule has 0 atom stereocenters. The lowest BCUT2D eigenvalue weighted by atomic mass is 9.90.